The zero-order chi connectivity index (χ0) is 54.3. The molecule has 6 aromatic rings. The first kappa shape index (κ1) is 56.5. The highest BCUT2D eigenvalue weighted by Crippen LogP contribution is 2.35. The van der Waals surface area contributed by atoms with Crippen LogP contribution >= 0.6 is 0 Å². The van der Waals surface area contributed by atoms with E-state index >= 15 is 17.6 Å². The van der Waals surface area contributed by atoms with Crippen molar-refractivity contribution < 1.29 is 72.4 Å². The van der Waals surface area contributed by atoms with Gasteiger partial charge in [0.1, 0.15) is 24.7 Å². The molecule has 4 N–H and O–H groups in total. The fourth-order valence-electron chi connectivity index (χ4n) is 7.74. The summed E-state index contributed by atoms with van der Waals surface area (Å²) in [5.41, 5.74) is 14.2. The van der Waals surface area contributed by atoms with Gasteiger partial charge >= 0.3 is 36.5 Å². The SMILES string of the molecule is Nc1ccc(CC(COC(=O)/C=C/c2ccc(OC(F)(F)c3ccc(CCCC(F)(F)F)cc3)cc2)(COC(=O)/C=C/c2ccc(OC(F)(F)c3ccc(CCCC(F)(F)F)cc3)cc2)Cc2ccc(N)cc2)cc1. The molecule has 75 heavy (non-hydrogen) atoms. The Bertz CT molecular complexity index is 2640. The van der Waals surface area contributed by atoms with Gasteiger partial charge in [0.15, 0.2) is 0 Å². The molecule has 0 aliphatic carbocycles. The summed E-state index contributed by atoms with van der Waals surface area (Å²) in [7, 11) is 0. The van der Waals surface area contributed by atoms with Crippen molar-refractivity contribution in [3.05, 3.63) is 202 Å². The molecule has 6 rings (SSSR count). The van der Waals surface area contributed by atoms with Gasteiger partial charge in [-0.1, -0.05) is 72.8 Å². The lowest BCUT2D eigenvalue weighted by molar-refractivity contribution is -0.186. The van der Waals surface area contributed by atoms with Crippen LogP contribution in [0.1, 0.15) is 70.2 Å². The molecule has 0 saturated carbocycles. The summed E-state index contributed by atoms with van der Waals surface area (Å²) >= 11 is 0. The number of ether oxygens (including phenoxy) is 4. The minimum absolute atomic E-state index is 0.0689. The van der Waals surface area contributed by atoms with Crippen molar-refractivity contribution in [2.75, 3.05) is 24.7 Å². The van der Waals surface area contributed by atoms with Gasteiger partial charge in [-0.15, -0.1) is 0 Å². The topological polar surface area (TPSA) is 123 Å². The van der Waals surface area contributed by atoms with E-state index in [1.165, 1.54) is 84.9 Å². The second-order valence-electron chi connectivity index (χ2n) is 17.9. The second kappa shape index (κ2) is 25.0. The molecule has 0 aliphatic heterocycles. The lowest BCUT2D eigenvalue weighted by atomic mass is 9.77. The number of anilines is 2. The highest BCUT2D eigenvalue weighted by Gasteiger charge is 2.37. The van der Waals surface area contributed by atoms with Crippen LogP contribution in [0.2, 0.25) is 0 Å². The number of nitrogen functional groups attached to an aromatic ring is 2. The van der Waals surface area contributed by atoms with E-state index in [1.54, 1.807) is 48.5 Å². The third-order valence-electron chi connectivity index (χ3n) is 11.7. The van der Waals surface area contributed by atoms with E-state index in [9.17, 15) is 35.9 Å². The molecule has 0 amide bonds. The molecule has 0 aromatic heterocycles. The normalized spacial score (nSPS) is 12.5. The highest BCUT2D eigenvalue weighted by atomic mass is 19.4. The monoisotopic (exact) mass is 1050 g/mol. The van der Waals surface area contributed by atoms with Gasteiger partial charge in [0.2, 0.25) is 0 Å². The molecule has 0 aliphatic rings. The van der Waals surface area contributed by atoms with Crippen LogP contribution in [0, 0.1) is 5.41 Å². The Hall–Kier alpha value is -7.76. The van der Waals surface area contributed by atoms with Gasteiger partial charge < -0.3 is 30.4 Å². The third-order valence-corrected chi connectivity index (χ3v) is 11.7. The standard InChI is InChI=1S/C57H52F10N2O6/c58-54(59,60)33-1-3-39-5-19-45(20-6-39)56(64,65)74-49-27-13-41(14-28-49)17-31-51(70)72-37-53(35-43-9-23-47(68)24-10-43,36-44-11-25-48(69)26-12-44)38-73-52(71)32-18-42-15-29-50(30-16-42)75-57(66,67)46-21-7-40(8-22-46)4-2-34-55(61,62)63/h5-32H,1-4,33-38,68-69H2/b31-17+,32-18+. The zero-order valence-electron chi connectivity index (χ0n) is 40.1. The fourth-order valence-corrected chi connectivity index (χ4v) is 7.74. The second-order valence-corrected chi connectivity index (χ2v) is 17.9. The van der Waals surface area contributed by atoms with Gasteiger partial charge in [-0.3, -0.25) is 0 Å². The number of aryl methyl sites for hydroxylation is 2. The van der Waals surface area contributed by atoms with E-state index in [-0.39, 0.29) is 63.2 Å². The van der Waals surface area contributed by atoms with Crippen LogP contribution in [-0.2, 0) is 57.0 Å². The first-order chi connectivity index (χ1) is 35.4. The number of hydrogen-bond acceptors (Lipinski definition) is 8. The van der Waals surface area contributed by atoms with Crippen molar-refractivity contribution in [1.29, 1.82) is 0 Å². The number of carbonyl (C=O) groups is 2. The van der Waals surface area contributed by atoms with E-state index in [4.69, 9.17) is 30.4 Å². The number of nitrogens with two attached hydrogens (primary N) is 2. The van der Waals surface area contributed by atoms with Crippen LogP contribution in [0.4, 0.5) is 55.3 Å². The molecule has 0 saturated heterocycles. The van der Waals surface area contributed by atoms with Crippen molar-refractivity contribution in [2.45, 2.75) is 75.9 Å². The van der Waals surface area contributed by atoms with Crippen LogP contribution in [0.3, 0.4) is 0 Å². The highest BCUT2D eigenvalue weighted by molar-refractivity contribution is 5.87. The Balaban J connectivity index is 1.09. The molecular weight excluding hydrogens is 999 g/mol. The van der Waals surface area contributed by atoms with E-state index in [1.807, 2.05) is 0 Å². The fraction of sp³-hybridized carbons (Fsp3) is 0.263. The molecule has 0 fully saturated rings. The number of alkyl halides is 10. The van der Waals surface area contributed by atoms with Crippen molar-refractivity contribution in [3.8, 4) is 11.5 Å². The number of rotatable bonds is 24. The molecule has 6 aromatic carbocycles. The van der Waals surface area contributed by atoms with Crippen LogP contribution in [0.5, 0.6) is 11.5 Å². The average molecular weight is 1050 g/mol. The molecule has 0 unspecified atom stereocenters. The Kier molecular flexibility index (Phi) is 18.8. The van der Waals surface area contributed by atoms with Crippen LogP contribution in [0.25, 0.3) is 12.2 Å². The molecule has 18 heteroatoms. The Morgan fingerprint density at radius 1 is 0.427 bits per heavy atom. The Morgan fingerprint density at radius 2 is 0.747 bits per heavy atom. The number of esters is 2. The van der Waals surface area contributed by atoms with Gasteiger partial charge in [0.05, 0.1) is 11.1 Å². The van der Waals surface area contributed by atoms with Gasteiger partial charge in [-0.05, 0) is 157 Å². The number of hydrogen-bond donors (Lipinski definition) is 2. The Morgan fingerprint density at radius 3 is 1.07 bits per heavy atom. The van der Waals surface area contributed by atoms with Gasteiger partial charge in [0, 0.05) is 41.8 Å². The van der Waals surface area contributed by atoms with Gasteiger partial charge in [-0.2, -0.15) is 43.9 Å². The summed E-state index contributed by atoms with van der Waals surface area (Å²) in [6, 6.07) is 34.4. The molecule has 0 bridgehead atoms. The number of carbonyl (C=O) groups excluding carboxylic acids is 2. The van der Waals surface area contributed by atoms with Crippen molar-refractivity contribution in [3.63, 3.8) is 0 Å². The predicted molar refractivity (Wildman–Crippen MR) is 264 cm³/mol. The number of benzene rings is 6. The summed E-state index contributed by atoms with van der Waals surface area (Å²) in [5, 5.41) is 0. The van der Waals surface area contributed by atoms with Crippen molar-refractivity contribution in [1.82, 2.24) is 0 Å². The average Bonchev–Trinajstić information content (AvgIpc) is 3.35. The molecule has 8 nitrogen and oxygen atoms in total. The smallest absolute Gasteiger partial charge is 0.426 e. The van der Waals surface area contributed by atoms with Crippen molar-refractivity contribution >= 4 is 35.5 Å². The van der Waals surface area contributed by atoms with Crippen LogP contribution in [0.15, 0.2) is 158 Å². The summed E-state index contributed by atoms with van der Waals surface area (Å²) in [4.78, 5) is 26.6. The minimum Gasteiger partial charge on any atom is -0.462 e. The molecular formula is C57H52F10N2O6. The maximum absolute atomic E-state index is 15.0. The molecule has 0 atom stereocenters. The maximum atomic E-state index is 15.0. The molecule has 0 radical (unpaired) electrons. The zero-order valence-corrected chi connectivity index (χ0v) is 40.1. The van der Waals surface area contributed by atoms with E-state index in [0.717, 1.165) is 47.5 Å². The Labute approximate surface area is 426 Å². The summed E-state index contributed by atoms with van der Waals surface area (Å²) in [6.45, 7) is -0.535. The molecule has 0 heterocycles. The number of halogens is 10. The van der Waals surface area contributed by atoms with Gasteiger partial charge in [0.25, 0.3) is 0 Å². The van der Waals surface area contributed by atoms with Gasteiger partial charge in [-0.25, -0.2) is 9.59 Å². The quantitative estimate of drug-likeness (QED) is 0.0266. The lowest BCUT2D eigenvalue weighted by Gasteiger charge is -2.33. The predicted octanol–water partition coefficient (Wildman–Crippen LogP) is 14.2. The third kappa shape index (κ3) is 18.9. The summed E-state index contributed by atoms with van der Waals surface area (Å²) in [5.74, 6) is -1.97. The first-order valence-corrected chi connectivity index (χ1v) is 23.5. The van der Waals surface area contributed by atoms with Crippen LogP contribution < -0.4 is 20.9 Å². The lowest BCUT2D eigenvalue weighted by Crippen LogP contribution is -2.38. The van der Waals surface area contributed by atoms with E-state index in [0.29, 0.717) is 33.6 Å². The maximum Gasteiger partial charge on any atom is 0.426 e. The first-order valence-electron chi connectivity index (χ1n) is 23.5. The van der Waals surface area contributed by atoms with Crippen molar-refractivity contribution in [2.24, 2.45) is 5.41 Å². The van der Waals surface area contributed by atoms with E-state index in [2.05, 4.69) is 0 Å². The summed E-state index contributed by atoms with van der Waals surface area (Å²) in [6.07, 6.45) is -12.8. The largest absolute Gasteiger partial charge is 0.462 e. The van der Waals surface area contributed by atoms with Crippen LogP contribution in [-0.4, -0.2) is 37.5 Å². The molecule has 0 spiro atoms. The minimum atomic E-state index is -4.31. The van der Waals surface area contributed by atoms with E-state index < -0.39 is 65.9 Å². The molecule has 396 valence electrons. The summed E-state index contributed by atoms with van der Waals surface area (Å²) < 4.78 is 157.